The van der Waals surface area contributed by atoms with Crippen LogP contribution in [0.4, 0.5) is 5.69 Å². The van der Waals surface area contributed by atoms with Crippen LogP contribution in [0.2, 0.25) is 0 Å². The fourth-order valence-electron chi connectivity index (χ4n) is 2.14. The Morgan fingerprint density at radius 2 is 1.68 bits per heavy atom. The smallest absolute Gasteiger partial charge is 0.322 e. The molecule has 146 valence electrons. The second-order valence-electron chi connectivity index (χ2n) is 5.47. The van der Waals surface area contributed by atoms with Crippen LogP contribution < -0.4 is 15.4 Å². The van der Waals surface area contributed by atoms with E-state index in [0.29, 0.717) is 14.6 Å². The van der Waals surface area contributed by atoms with Crippen molar-refractivity contribution in [3.63, 3.8) is 0 Å². The average Bonchev–Trinajstić information content (AvgIpc) is 2.62. The summed E-state index contributed by atoms with van der Waals surface area (Å²) in [4.78, 5) is 46.2. The first kappa shape index (κ1) is 21.6. The summed E-state index contributed by atoms with van der Waals surface area (Å²) in [6.45, 7) is 0.734. The highest BCUT2D eigenvalue weighted by molar-refractivity contribution is 9.11. The Balaban J connectivity index is 2.18. The Morgan fingerprint density at radius 3 is 2.25 bits per heavy atom. The fraction of sp³-hybridized carbons (Fsp3) is 0.111. The third-order valence-corrected chi connectivity index (χ3v) is 4.35. The molecule has 0 spiro atoms. The van der Waals surface area contributed by atoms with E-state index in [1.54, 1.807) is 6.07 Å². The van der Waals surface area contributed by atoms with Gasteiger partial charge in [-0.1, -0.05) is 15.9 Å². The number of benzene rings is 2. The van der Waals surface area contributed by atoms with Gasteiger partial charge in [0, 0.05) is 22.6 Å². The summed E-state index contributed by atoms with van der Waals surface area (Å²) in [6.07, 6.45) is 0. The van der Waals surface area contributed by atoms with Crippen molar-refractivity contribution in [2.24, 2.45) is 0 Å². The summed E-state index contributed by atoms with van der Waals surface area (Å²) < 4.78 is 6.14. The summed E-state index contributed by atoms with van der Waals surface area (Å²) in [5.41, 5.74) is 0.759. The number of nitrogens with one attached hydrogen (secondary N) is 2. The summed E-state index contributed by atoms with van der Waals surface area (Å²) >= 11 is 6.54. The third-order valence-electron chi connectivity index (χ3n) is 3.30. The lowest BCUT2D eigenvalue weighted by atomic mass is 10.1. The van der Waals surface area contributed by atoms with Crippen LogP contribution >= 0.6 is 31.9 Å². The molecule has 0 aliphatic heterocycles. The fourth-order valence-corrected chi connectivity index (χ4v) is 3.44. The number of carbonyl (C=O) groups excluding carboxylic acids is 3. The van der Waals surface area contributed by atoms with E-state index in [0.717, 1.165) is 0 Å². The van der Waals surface area contributed by atoms with Crippen LogP contribution in [-0.2, 0) is 9.59 Å². The number of amides is 2. The number of aliphatic carboxylic acids is 1. The lowest BCUT2D eigenvalue weighted by molar-refractivity contribution is -0.136. The molecule has 2 aromatic rings. The Bertz CT molecular complexity index is 944. The van der Waals surface area contributed by atoms with E-state index in [9.17, 15) is 19.2 Å². The number of carboxylic acids is 1. The molecule has 2 amide bonds. The van der Waals surface area contributed by atoms with Gasteiger partial charge >= 0.3 is 11.9 Å². The third kappa shape index (κ3) is 5.89. The van der Waals surface area contributed by atoms with Crippen LogP contribution in [0.15, 0.2) is 45.3 Å². The van der Waals surface area contributed by atoms with E-state index in [1.807, 2.05) is 0 Å². The topological polar surface area (TPSA) is 122 Å². The molecule has 0 atom stereocenters. The monoisotopic (exact) mass is 512 g/mol. The highest BCUT2D eigenvalue weighted by atomic mass is 79.9. The summed E-state index contributed by atoms with van der Waals surface area (Å²) in [7, 11) is 0. The molecule has 0 fully saturated rings. The van der Waals surface area contributed by atoms with Gasteiger partial charge in [-0.25, -0.2) is 0 Å². The van der Waals surface area contributed by atoms with Crippen molar-refractivity contribution in [1.82, 2.24) is 5.32 Å². The molecule has 0 heterocycles. The zero-order valence-corrected chi connectivity index (χ0v) is 17.6. The molecular formula is C18H14Br2N2O6. The minimum absolute atomic E-state index is 0.0814. The lowest BCUT2D eigenvalue weighted by Crippen LogP contribution is -2.29. The first-order chi connectivity index (χ1) is 13.2. The first-order valence-electron chi connectivity index (χ1n) is 7.76. The van der Waals surface area contributed by atoms with Crippen molar-refractivity contribution in [3.8, 4) is 5.75 Å². The van der Waals surface area contributed by atoms with E-state index < -0.39 is 30.3 Å². The molecule has 0 saturated carbocycles. The quantitative estimate of drug-likeness (QED) is 0.402. The minimum Gasteiger partial charge on any atom is -0.480 e. The molecule has 2 aromatic carbocycles. The van der Waals surface area contributed by atoms with Crippen molar-refractivity contribution in [1.29, 1.82) is 0 Å². The summed E-state index contributed by atoms with van der Waals surface area (Å²) in [5.74, 6) is -2.72. The predicted octanol–water partition coefficient (Wildman–Crippen LogP) is 3.20. The molecule has 10 heteroatoms. The van der Waals surface area contributed by atoms with Gasteiger partial charge in [0.25, 0.3) is 11.8 Å². The molecule has 0 aliphatic carbocycles. The van der Waals surface area contributed by atoms with Crippen LogP contribution in [0.5, 0.6) is 5.75 Å². The first-order valence-corrected chi connectivity index (χ1v) is 9.35. The highest BCUT2D eigenvalue weighted by Crippen LogP contribution is 2.33. The summed E-state index contributed by atoms with van der Waals surface area (Å²) in [6, 6.07) is 9.01. The second-order valence-corrected chi connectivity index (χ2v) is 7.24. The molecule has 3 N–H and O–H groups in total. The second kappa shape index (κ2) is 9.47. The zero-order chi connectivity index (χ0) is 20.8. The Hall–Kier alpha value is -2.72. The molecule has 0 aromatic heterocycles. The van der Waals surface area contributed by atoms with Crippen LogP contribution in [0.25, 0.3) is 0 Å². The van der Waals surface area contributed by atoms with Crippen molar-refractivity contribution in [2.45, 2.75) is 6.92 Å². The van der Waals surface area contributed by atoms with Crippen molar-refractivity contribution in [3.05, 3.63) is 56.5 Å². The van der Waals surface area contributed by atoms with Gasteiger partial charge in [-0.2, -0.15) is 0 Å². The lowest BCUT2D eigenvalue weighted by Gasteiger charge is -2.12. The van der Waals surface area contributed by atoms with Gasteiger partial charge in [-0.3, -0.25) is 19.2 Å². The summed E-state index contributed by atoms with van der Waals surface area (Å²) in [5, 5.41) is 13.5. The Labute approximate surface area is 176 Å². The van der Waals surface area contributed by atoms with Gasteiger partial charge in [-0.05, 0) is 52.3 Å². The van der Waals surface area contributed by atoms with Gasteiger partial charge in [0.15, 0.2) is 5.75 Å². The van der Waals surface area contributed by atoms with E-state index in [-0.39, 0.29) is 16.9 Å². The number of hydrogen-bond acceptors (Lipinski definition) is 5. The number of halogens is 2. The molecule has 0 aliphatic rings. The van der Waals surface area contributed by atoms with E-state index in [2.05, 4.69) is 42.5 Å². The van der Waals surface area contributed by atoms with Crippen molar-refractivity contribution < 1.29 is 29.0 Å². The average molecular weight is 514 g/mol. The molecular weight excluding hydrogens is 500 g/mol. The van der Waals surface area contributed by atoms with Gasteiger partial charge in [0.05, 0.1) is 10.0 Å². The maximum atomic E-state index is 12.6. The SMILES string of the molecule is CC(=O)Oc1c(Br)cc(Br)cc1C(=O)Nc1ccc(C(=O)NCC(=O)O)cc1. The largest absolute Gasteiger partial charge is 0.480 e. The molecule has 0 bridgehead atoms. The number of hydrogen-bond donors (Lipinski definition) is 3. The van der Waals surface area contributed by atoms with Crippen LogP contribution in [0, 0.1) is 0 Å². The van der Waals surface area contributed by atoms with Crippen molar-refractivity contribution >= 4 is 61.3 Å². The van der Waals surface area contributed by atoms with Gasteiger partial charge in [0.2, 0.25) is 0 Å². The number of carbonyl (C=O) groups is 4. The maximum absolute atomic E-state index is 12.6. The number of carboxylic acid groups (broad SMARTS) is 1. The van der Waals surface area contributed by atoms with Gasteiger partial charge in [0.1, 0.15) is 6.54 Å². The maximum Gasteiger partial charge on any atom is 0.322 e. The molecule has 2 rings (SSSR count). The number of anilines is 1. The van der Waals surface area contributed by atoms with Crippen LogP contribution in [-0.4, -0.2) is 35.4 Å². The van der Waals surface area contributed by atoms with Crippen LogP contribution in [0.3, 0.4) is 0 Å². The highest BCUT2D eigenvalue weighted by Gasteiger charge is 2.19. The Morgan fingerprint density at radius 1 is 1.04 bits per heavy atom. The van der Waals surface area contributed by atoms with E-state index in [4.69, 9.17) is 9.84 Å². The van der Waals surface area contributed by atoms with E-state index >= 15 is 0 Å². The van der Waals surface area contributed by atoms with E-state index in [1.165, 1.54) is 37.3 Å². The molecule has 0 saturated heterocycles. The normalized spacial score (nSPS) is 10.1. The molecule has 0 radical (unpaired) electrons. The molecule has 0 unspecified atom stereocenters. The predicted molar refractivity (Wildman–Crippen MR) is 108 cm³/mol. The van der Waals surface area contributed by atoms with Gasteiger partial charge in [-0.15, -0.1) is 0 Å². The zero-order valence-electron chi connectivity index (χ0n) is 14.4. The van der Waals surface area contributed by atoms with Crippen LogP contribution in [0.1, 0.15) is 27.6 Å². The van der Waals surface area contributed by atoms with Crippen molar-refractivity contribution in [2.75, 3.05) is 11.9 Å². The minimum atomic E-state index is -1.15. The standard InChI is InChI=1S/C18H14Br2N2O6/c1-9(23)28-16-13(6-11(19)7-14(16)20)18(27)22-12-4-2-10(3-5-12)17(26)21-8-15(24)25/h2-7H,8H2,1H3,(H,21,26)(H,22,27)(H,24,25). The molecule has 28 heavy (non-hydrogen) atoms. The number of rotatable bonds is 6. The molecule has 8 nitrogen and oxygen atoms in total. The van der Waals surface area contributed by atoms with Gasteiger partial charge < -0.3 is 20.5 Å². The Kier molecular flexibility index (Phi) is 7.30. The number of esters is 1. The number of ether oxygens (including phenoxy) is 1.